The second kappa shape index (κ2) is 12.1. The van der Waals surface area contributed by atoms with Crippen molar-refractivity contribution >= 4 is 28.9 Å². The predicted octanol–water partition coefficient (Wildman–Crippen LogP) is 4.86. The molecule has 2 aliphatic rings. The highest BCUT2D eigenvalue weighted by Gasteiger charge is 2.30. The van der Waals surface area contributed by atoms with Gasteiger partial charge in [-0.2, -0.15) is 0 Å². The van der Waals surface area contributed by atoms with E-state index in [-0.39, 0.29) is 24.1 Å². The van der Waals surface area contributed by atoms with Crippen LogP contribution in [0, 0.1) is 6.92 Å². The van der Waals surface area contributed by atoms with Crippen LogP contribution >= 0.6 is 0 Å². The van der Waals surface area contributed by atoms with Crippen LogP contribution in [0.1, 0.15) is 62.2 Å². The van der Waals surface area contributed by atoms with E-state index in [9.17, 15) is 14.7 Å². The molecule has 0 bridgehead atoms. The van der Waals surface area contributed by atoms with Gasteiger partial charge < -0.3 is 30.0 Å². The minimum absolute atomic E-state index is 0.0564. The second-order valence-corrected chi connectivity index (χ2v) is 11.0. The van der Waals surface area contributed by atoms with Crippen molar-refractivity contribution in [1.29, 1.82) is 0 Å². The van der Waals surface area contributed by atoms with Crippen molar-refractivity contribution in [3.05, 3.63) is 107 Å². The predicted molar refractivity (Wildman–Crippen MR) is 162 cm³/mol. The van der Waals surface area contributed by atoms with Crippen molar-refractivity contribution < 1.29 is 19.1 Å². The fourth-order valence-electron chi connectivity index (χ4n) is 5.38. The lowest BCUT2D eigenvalue weighted by Gasteiger charge is -2.38. The molecular weight excluding hydrogens is 530 g/mol. The van der Waals surface area contributed by atoms with E-state index in [0.29, 0.717) is 29.6 Å². The molecule has 216 valence electrons. The van der Waals surface area contributed by atoms with Gasteiger partial charge in [0.1, 0.15) is 6.26 Å². The highest BCUT2D eigenvalue weighted by molar-refractivity contribution is 6.06. The summed E-state index contributed by atoms with van der Waals surface area (Å²) < 4.78 is 5.54. The third kappa shape index (κ3) is 6.16. The van der Waals surface area contributed by atoms with Gasteiger partial charge >= 0.3 is 0 Å². The molecule has 3 N–H and O–H groups in total. The van der Waals surface area contributed by atoms with Crippen molar-refractivity contribution in [2.45, 2.75) is 38.8 Å². The van der Waals surface area contributed by atoms with Crippen molar-refractivity contribution in [2.24, 2.45) is 0 Å². The summed E-state index contributed by atoms with van der Waals surface area (Å²) in [6.07, 6.45) is 3.46. The molecule has 0 atom stereocenters. The fourth-order valence-corrected chi connectivity index (χ4v) is 5.38. The minimum atomic E-state index is -0.371. The first kappa shape index (κ1) is 27.5. The molecule has 0 radical (unpaired) electrons. The molecule has 2 heterocycles. The van der Waals surface area contributed by atoms with Crippen molar-refractivity contribution in [3.63, 3.8) is 0 Å². The van der Waals surface area contributed by atoms with E-state index in [1.165, 1.54) is 17.5 Å². The Morgan fingerprint density at radius 2 is 1.64 bits per heavy atom. The molecule has 1 aromatic heterocycles. The summed E-state index contributed by atoms with van der Waals surface area (Å²) in [5.74, 6) is 0.278. The summed E-state index contributed by atoms with van der Waals surface area (Å²) in [5, 5.41) is 15.4. The Bertz CT molecular complexity index is 1590. The second-order valence-electron chi connectivity index (χ2n) is 11.0. The van der Waals surface area contributed by atoms with Crippen LogP contribution in [-0.4, -0.2) is 48.1 Å². The van der Waals surface area contributed by atoms with Crippen LogP contribution in [0.4, 0.5) is 17.1 Å². The van der Waals surface area contributed by atoms with E-state index in [4.69, 9.17) is 4.42 Å². The monoisotopic (exact) mass is 565 g/mol. The molecule has 4 aromatic rings. The van der Waals surface area contributed by atoms with Gasteiger partial charge in [0.25, 0.3) is 11.8 Å². The van der Waals surface area contributed by atoms with Gasteiger partial charge in [0.15, 0.2) is 11.6 Å². The number of piperazine rings is 1. The van der Waals surface area contributed by atoms with Gasteiger partial charge in [-0.15, -0.1) is 0 Å². The van der Waals surface area contributed by atoms with E-state index < -0.39 is 0 Å². The standard InChI is InChI=1S/C33H35N5O4/c1-22-5-2-3-8-29(22)37-13-15-38(16-14-37)30-12-11-26(31(40)34-19-23-6-4-7-24(17-23)20-39)18-27(30)35-32(41)28-21-42-33(36-28)25-9-10-25/h2-8,11-12,17-18,21,25,39H,9-10,13-16,19-20H2,1H3,(H,34,40)(H,35,41). The number of carbonyl (C=O) groups is 2. The molecule has 3 aromatic carbocycles. The maximum absolute atomic E-state index is 13.3. The zero-order chi connectivity index (χ0) is 29.1. The number of hydrogen-bond acceptors (Lipinski definition) is 7. The number of oxazole rings is 1. The molecule has 2 fully saturated rings. The molecule has 2 amide bonds. The van der Waals surface area contributed by atoms with Gasteiger partial charge in [0, 0.05) is 49.9 Å². The zero-order valence-corrected chi connectivity index (χ0v) is 23.7. The number of anilines is 3. The number of para-hydroxylation sites is 1. The number of nitrogens with zero attached hydrogens (tertiary/aromatic N) is 3. The number of aliphatic hydroxyl groups excluding tert-OH is 1. The summed E-state index contributed by atoms with van der Waals surface area (Å²) in [6.45, 7) is 5.59. The Morgan fingerprint density at radius 1 is 0.905 bits per heavy atom. The van der Waals surface area contributed by atoms with E-state index in [0.717, 1.165) is 55.8 Å². The first-order valence-electron chi connectivity index (χ1n) is 14.4. The van der Waals surface area contributed by atoms with Crippen LogP contribution in [0.15, 0.2) is 77.4 Å². The smallest absolute Gasteiger partial charge is 0.277 e. The van der Waals surface area contributed by atoms with Crippen LogP contribution in [0.2, 0.25) is 0 Å². The maximum Gasteiger partial charge on any atom is 0.277 e. The molecule has 0 unspecified atom stereocenters. The van der Waals surface area contributed by atoms with Crippen LogP contribution in [0.3, 0.4) is 0 Å². The molecule has 0 spiro atoms. The van der Waals surface area contributed by atoms with Gasteiger partial charge in [0.05, 0.1) is 18.0 Å². The maximum atomic E-state index is 13.3. The van der Waals surface area contributed by atoms with E-state index in [1.54, 1.807) is 12.1 Å². The molecule has 9 nitrogen and oxygen atoms in total. The Hall–Kier alpha value is -4.63. The van der Waals surface area contributed by atoms with Gasteiger partial charge in [-0.1, -0.05) is 42.5 Å². The third-order valence-electron chi connectivity index (χ3n) is 7.89. The number of rotatable bonds is 9. The number of amides is 2. The molecule has 1 aliphatic heterocycles. The largest absolute Gasteiger partial charge is 0.448 e. The SMILES string of the molecule is Cc1ccccc1N1CCN(c2ccc(C(=O)NCc3cccc(CO)c3)cc2NC(=O)c2coc(C3CC3)n2)CC1. The number of aryl methyl sites for hydroxylation is 1. The van der Waals surface area contributed by atoms with Crippen LogP contribution in [-0.2, 0) is 13.2 Å². The number of aromatic nitrogens is 1. The molecule has 1 saturated heterocycles. The average molecular weight is 566 g/mol. The summed E-state index contributed by atoms with van der Waals surface area (Å²) in [6, 6.07) is 21.3. The highest BCUT2D eigenvalue weighted by Crippen LogP contribution is 2.39. The molecule has 1 saturated carbocycles. The topological polar surface area (TPSA) is 111 Å². The van der Waals surface area contributed by atoms with E-state index in [1.807, 2.05) is 30.3 Å². The van der Waals surface area contributed by atoms with Crippen LogP contribution in [0.5, 0.6) is 0 Å². The van der Waals surface area contributed by atoms with Crippen molar-refractivity contribution in [1.82, 2.24) is 10.3 Å². The molecule has 6 rings (SSSR count). The first-order chi connectivity index (χ1) is 20.5. The first-order valence-corrected chi connectivity index (χ1v) is 14.4. The molecule has 42 heavy (non-hydrogen) atoms. The Morgan fingerprint density at radius 3 is 2.38 bits per heavy atom. The average Bonchev–Trinajstić information content (AvgIpc) is 3.76. The Labute approximate surface area is 245 Å². The summed E-state index contributed by atoms with van der Waals surface area (Å²) in [5.41, 5.74) is 6.23. The molecule has 1 aliphatic carbocycles. The molecule has 9 heteroatoms. The van der Waals surface area contributed by atoms with Crippen molar-refractivity contribution in [3.8, 4) is 0 Å². The summed E-state index contributed by atoms with van der Waals surface area (Å²) >= 11 is 0. The lowest BCUT2D eigenvalue weighted by molar-refractivity contribution is 0.0949. The fraction of sp³-hybridized carbons (Fsp3) is 0.303. The summed E-state index contributed by atoms with van der Waals surface area (Å²) in [7, 11) is 0. The van der Waals surface area contributed by atoms with Gasteiger partial charge in [-0.05, 0) is 60.7 Å². The van der Waals surface area contributed by atoms with E-state index >= 15 is 0 Å². The van der Waals surface area contributed by atoms with Crippen LogP contribution in [0.25, 0.3) is 0 Å². The van der Waals surface area contributed by atoms with Gasteiger partial charge in [-0.3, -0.25) is 9.59 Å². The number of hydrogen-bond donors (Lipinski definition) is 3. The lowest BCUT2D eigenvalue weighted by Crippen LogP contribution is -2.47. The quantitative estimate of drug-likeness (QED) is 0.266. The third-order valence-corrected chi connectivity index (χ3v) is 7.89. The Kier molecular flexibility index (Phi) is 7.92. The van der Waals surface area contributed by atoms with Gasteiger partial charge in [0.2, 0.25) is 0 Å². The lowest BCUT2D eigenvalue weighted by atomic mass is 10.1. The summed E-state index contributed by atoms with van der Waals surface area (Å²) in [4.78, 5) is 35.4. The normalized spacial score (nSPS) is 15.0. The molecular formula is C33H35N5O4. The van der Waals surface area contributed by atoms with Gasteiger partial charge in [-0.25, -0.2) is 4.98 Å². The number of aliphatic hydroxyl groups is 1. The number of nitrogens with one attached hydrogen (secondary N) is 2. The minimum Gasteiger partial charge on any atom is -0.448 e. The highest BCUT2D eigenvalue weighted by atomic mass is 16.3. The van der Waals surface area contributed by atoms with E-state index in [2.05, 4.69) is 56.6 Å². The van der Waals surface area contributed by atoms with Crippen molar-refractivity contribution in [2.75, 3.05) is 41.3 Å². The zero-order valence-electron chi connectivity index (χ0n) is 23.7. The number of benzene rings is 3. The Balaban J connectivity index is 1.21. The van der Waals surface area contributed by atoms with Crippen LogP contribution < -0.4 is 20.4 Å². The number of carbonyl (C=O) groups excluding carboxylic acids is 2.